The molecule has 4 N–H and O–H groups in total. The number of nitrogens with two attached hydrogens (primary N) is 1. The van der Waals surface area contributed by atoms with Crippen molar-refractivity contribution in [1.29, 1.82) is 0 Å². The average Bonchev–Trinajstić information content (AvgIpc) is 2.41. The minimum absolute atomic E-state index is 0.0511. The molecule has 0 atom stereocenters. The van der Waals surface area contributed by atoms with Crippen molar-refractivity contribution in [1.82, 2.24) is 0 Å². The van der Waals surface area contributed by atoms with E-state index in [-0.39, 0.29) is 23.2 Å². The van der Waals surface area contributed by atoms with Crippen molar-refractivity contribution in [2.45, 2.75) is 26.7 Å². The molecular weight excluding hydrogens is 249 g/mol. The van der Waals surface area contributed by atoms with Crippen LogP contribution in [0.1, 0.15) is 32.3 Å². The first kappa shape index (κ1) is 14.9. The summed E-state index contributed by atoms with van der Waals surface area (Å²) in [6.45, 7) is 3.86. The molecule has 0 heterocycles. The molecule has 5 nitrogen and oxygen atoms in total. The molecule has 0 aromatic heterocycles. The molecule has 0 radical (unpaired) electrons. The zero-order valence-corrected chi connectivity index (χ0v) is 11.0. The average molecular weight is 267 g/mol. The number of nitrogens with zero attached hydrogens (tertiary/aromatic N) is 1. The van der Waals surface area contributed by atoms with Gasteiger partial charge in [0, 0.05) is 11.6 Å². The minimum atomic E-state index is -0.615. The Hall–Kier alpha value is -2.11. The van der Waals surface area contributed by atoms with E-state index in [1.54, 1.807) is 0 Å². The lowest BCUT2D eigenvalue weighted by Crippen LogP contribution is -2.22. The SMILES string of the molecule is CCC(CC)C(=O)Nc1ccc(F)c(C(N)=NO)c1. The highest BCUT2D eigenvalue weighted by Gasteiger charge is 2.15. The van der Waals surface area contributed by atoms with Gasteiger partial charge >= 0.3 is 0 Å². The predicted molar refractivity (Wildman–Crippen MR) is 71.6 cm³/mol. The second-order valence-electron chi connectivity index (χ2n) is 4.18. The van der Waals surface area contributed by atoms with Crippen LogP contribution in [-0.2, 0) is 4.79 Å². The van der Waals surface area contributed by atoms with Crippen molar-refractivity contribution in [2.75, 3.05) is 5.32 Å². The summed E-state index contributed by atoms with van der Waals surface area (Å²) in [7, 11) is 0. The van der Waals surface area contributed by atoms with Crippen molar-refractivity contribution in [3.8, 4) is 0 Å². The Morgan fingerprint density at radius 1 is 1.47 bits per heavy atom. The number of carbonyl (C=O) groups is 1. The second-order valence-corrected chi connectivity index (χ2v) is 4.18. The Morgan fingerprint density at radius 2 is 2.11 bits per heavy atom. The largest absolute Gasteiger partial charge is 0.409 e. The van der Waals surface area contributed by atoms with Gasteiger partial charge in [-0.15, -0.1) is 0 Å². The first-order valence-electron chi connectivity index (χ1n) is 6.11. The predicted octanol–water partition coefficient (Wildman–Crippen LogP) is 2.29. The fourth-order valence-electron chi connectivity index (χ4n) is 1.76. The number of hydrogen-bond donors (Lipinski definition) is 3. The number of amides is 1. The van der Waals surface area contributed by atoms with E-state index in [4.69, 9.17) is 10.9 Å². The van der Waals surface area contributed by atoms with E-state index < -0.39 is 5.82 Å². The van der Waals surface area contributed by atoms with Gasteiger partial charge in [0.1, 0.15) is 5.82 Å². The van der Waals surface area contributed by atoms with E-state index in [0.717, 1.165) is 18.9 Å². The minimum Gasteiger partial charge on any atom is -0.409 e. The summed E-state index contributed by atoms with van der Waals surface area (Å²) in [6.07, 6.45) is 1.47. The number of benzene rings is 1. The van der Waals surface area contributed by atoms with Crippen LogP contribution in [0.25, 0.3) is 0 Å². The Bertz CT molecular complexity index is 485. The normalized spacial score (nSPS) is 11.7. The molecular formula is C13H18FN3O2. The molecule has 1 aromatic rings. The van der Waals surface area contributed by atoms with Gasteiger partial charge in [0.15, 0.2) is 5.84 Å². The lowest BCUT2D eigenvalue weighted by atomic mass is 10.0. The van der Waals surface area contributed by atoms with E-state index in [0.29, 0.717) is 5.69 Å². The van der Waals surface area contributed by atoms with Gasteiger partial charge in [-0.05, 0) is 31.0 Å². The number of anilines is 1. The Labute approximate surface area is 111 Å². The topological polar surface area (TPSA) is 87.7 Å². The van der Waals surface area contributed by atoms with Gasteiger partial charge in [-0.25, -0.2) is 4.39 Å². The molecule has 1 amide bonds. The second kappa shape index (κ2) is 6.72. The molecule has 0 aliphatic rings. The number of carbonyl (C=O) groups excluding carboxylic acids is 1. The molecule has 0 unspecified atom stereocenters. The fourth-order valence-corrected chi connectivity index (χ4v) is 1.76. The first-order valence-corrected chi connectivity index (χ1v) is 6.11. The van der Waals surface area contributed by atoms with Gasteiger partial charge in [0.25, 0.3) is 0 Å². The summed E-state index contributed by atoms with van der Waals surface area (Å²) in [5.74, 6) is -1.16. The lowest BCUT2D eigenvalue weighted by molar-refractivity contribution is -0.120. The monoisotopic (exact) mass is 267 g/mol. The summed E-state index contributed by atoms with van der Waals surface area (Å²) in [5, 5.41) is 14.0. The number of nitrogens with one attached hydrogen (secondary N) is 1. The molecule has 0 fully saturated rings. The van der Waals surface area contributed by atoms with Crippen molar-refractivity contribution in [3.63, 3.8) is 0 Å². The molecule has 0 bridgehead atoms. The zero-order chi connectivity index (χ0) is 14.4. The van der Waals surface area contributed by atoms with Gasteiger partial charge < -0.3 is 16.3 Å². The van der Waals surface area contributed by atoms with E-state index in [9.17, 15) is 9.18 Å². The molecule has 104 valence electrons. The molecule has 0 aliphatic heterocycles. The summed E-state index contributed by atoms with van der Waals surface area (Å²) in [6, 6.07) is 3.93. The standard InChI is InChI=1S/C13H18FN3O2/c1-3-8(4-2)13(18)16-9-5-6-11(14)10(7-9)12(15)17-19/h5-8,19H,3-4H2,1-2H3,(H2,15,17)(H,16,18). The highest BCUT2D eigenvalue weighted by Crippen LogP contribution is 2.17. The molecule has 0 spiro atoms. The molecule has 1 rings (SSSR count). The van der Waals surface area contributed by atoms with Crippen LogP contribution in [0.5, 0.6) is 0 Å². The third-order valence-electron chi connectivity index (χ3n) is 2.97. The Morgan fingerprint density at radius 3 is 2.63 bits per heavy atom. The maximum absolute atomic E-state index is 13.5. The van der Waals surface area contributed by atoms with Gasteiger partial charge in [0.2, 0.25) is 5.91 Å². The zero-order valence-electron chi connectivity index (χ0n) is 11.0. The maximum atomic E-state index is 13.5. The van der Waals surface area contributed by atoms with Crippen molar-refractivity contribution in [3.05, 3.63) is 29.6 Å². The van der Waals surface area contributed by atoms with Crippen LogP contribution in [0.2, 0.25) is 0 Å². The smallest absolute Gasteiger partial charge is 0.227 e. The fraction of sp³-hybridized carbons (Fsp3) is 0.385. The van der Waals surface area contributed by atoms with E-state index >= 15 is 0 Å². The third kappa shape index (κ3) is 3.67. The van der Waals surface area contributed by atoms with Crippen molar-refractivity contribution in [2.24, 2.45) is 16.8 Å². The summed E-state index contributed by atoms with van der Waals surface area (Å²) in [5.41, 5.74) is 5.72. The highest BCUT2D eigenvalue weighted by atomic mass is 19.1. The van der Waals surface area contributed by atoms with Gasteiger partial charge in [-0.3, -0.25) is 4.79 Å². The van der Waals surface area contributed by atoms with Crippen LogP contribution in [0.15, 0.2) is 23.4 Å². The van der Waals surface area contributed by atoms with E-state index in [1.165, 1.54) is 12.1 Å². The molecule has 0 saturated heterocycles. The molecule has 1 aromatic carbocycles. The van der Waals surface area contributed by atoms with Gasteiger partial charge in [0.05, 0.1) is 5.56 Å². The van der Waals surface area contributed by atoms with Crippen LogP contribution < -0.4 is 11.1 Å². The van der Waals surface area contributed by atoms with Crippen molar-refractivity contribution < 1.29 is 14.4 Å². The van der Waals surface area contributed by atoms with Crippen molar-refractivity contribution >= 4 is 17.4 Å². The highest BCUT2D eigenvalue weighted by molar-refractivity contribution is 5.99. The molecule has 6 heteroatoms. The Balaban J connectivity index is 2.94. The number of halogens is 1. The van der Waals surface area contributed by atoms with Gasteiger partial charge in [-0.2, -0.15) is 0 Å². The third-order valence-corrected chi connectivity index (χ3v) is 2.97. The number of oxime groups is 1. The first-order chi connectivity index (χ1) is 9.03. The van der Waals surface area contributed by atoms with E-state index in [2.05, 4.69) is 10.5 Å². The van der Waals surface area contributed by atoms with Gasteiger partial charge in [-0.1, -0.05) is 19.0 Å². The summed E-state index contributed by atoms with van der Waals surface area (Å²) >= 11 is 0. The van der Waals surface area contributed by atoms with Crippen LogP contribution in [0.3, 0.4) is 0 Å². The van der Waals surface area contributed by atoms with Crippen LogP contribution in [0.4, 0.5) is 10.1 Å². The molecule has 0 saturated carbocycles. The van der Waals surface area contributed by atoms with Crippen LogP contribution >= 0.6 is 0 Å². The maximum Gasteiger partial charge on any atom is 0.227 e. The molecule has 19 heavy (non-hydrogen) atoms. The van der Waals surface area contributed by atoms with Crippen LogP contribution in [-0.4, -0.2) is 17.0 Å². The number of rotatable bonds is 5. The molecule has 0 aliphatic carbocycles. The summed E-state index contributed by atoms with van der Waals surface area (Å²) < 4.78 is 13.5. The van der Waals surface area contributed by atoms with Crippen LogP contribution in [0, 0.1) is 11.7 Å². The quantitative estimate of drug-likeness (QED) is 0.331. The Kier molecular flexibility index (Phi) is 5.29. The van der Waals surface area contributed by atoms with E-state index in [1.807, 2.05) is 13.8 Å². The lowest BCUT2D eigenvalue weighted by Gasteiger charge is -2.13. The summed E-state index contributed by atoms with van der Waals surface area (Å²) in [4.78, 5) is 11.9. The number of amidine groups is 1. The number of hydrogen-bond acceptors (Lipinski definition) is 3.